The summed E-state index contributed by atoms with van der Waals surface area (Å²) in [4.78, 5) is 26.5. The second-order valence-electron chi connectivity index (χ2n) is 7.76. The van der Waals surface area contributed by atoms with Gasteiger partial charge >= 0.3 is 0 Å². The molecule has 1 spiro atoms. The molecule has 1 aromatic rings. The van der Waals surface area contributed by atoms with Crippen LogP contribution in [-0.4, -0.2) is 41.9 Å². The highest BCUT2D eigenvalue weighted by Crippen LogP contribution is 2.41. The quantitative estimate of drug-likeness (QED) is 0.758. The SMILES string of the molecule is Cc1ccc(C(=O)N2CCOC3(C=C(C#N)C(=O)C(C)(C)C3)C2)c(F)c1F. The van der Waals surface area contributed by atoms with Crippen LogP contribution in [-0.2, 0) is 9.53 Å². The van der Waals surface area contributed by atoms with Gasteiger partial charge in [0.15, 0.2) is 17.4 Å². The van der Waals surface area contributed by atoms with Crippen molar-refractivity contribution in [3.63, 3.8) is 0 Å². The minimum atomic E-state index is -1.17. The monoisotopic (exact) mass is 374 g/mol. The molecule has 0 N–H and O–H groups in total. The lowest BCUT2D eigenvalue weighted by Crippen LogP contribution is -2.57. The van der Waals surface area contributed by atoms with Gasteiger partial charge in [-0.15, -0.1) is 0 Å². The van der Waals surface area contributed by atoms with Gasteiger partial charge < -0.3 is 9.64 Å². The van der Waals surface area contributed by atoms with Crippen molar-refractivity contribution in [2.45, 2.75) is 32.8 Å². The van der Waals surface area contributed by atoms with E-state index in [4.69, 9.17) is 4.74 Å². The third-order valence-corrected chi connectivity index (χ3v) is 5.13. The maximum Gasteiger partial charge on any atom is 0.257 e. The number of benzene rings is 1. The maximum absolute atomic E-state index is 14.2. The van der Waals surface area contributed by atoms with Gasteiger partial charge in [-0.05, 0) is 31.1 Å². The van der Waals surface area contributed by atoms with E-state index in [1.807, 2.05) is 6.07 Å². The number of amides is 1. The number of morpholine rings is 1. The van der Waals surface area contributed by atoms with Crippen molar-refractivity contribution in [2.24, 2.45) is 5.41 Å². The van der Waals surface area contributed by atoms with Gasteiger partial charge in [-0.2, -0.15) is 5.26 Å². The van der Waals surface area contributed by atoms with Crippen LogP contribution < -0.4 is 0 Å². The number of ketones is 1. The molecule has 1 unspecified atom stereocenters. The van der Waals surface area contributed by atoms with Crippen LogP contribution in [0.2, 0.25) is 0 Å². The van der Waals surface area contributed by atoms with Crippen LogP contribution in [0.4, 0.5) is 8.78 Å². The third kappa shape index (κ3) is 3.26. The Kier molecular flexibility index (Phi) is 4.64. The Bertz CT molecular complexity index is 901. The van der Waals surface area contributed by atoms with Crippen LogP contribution in [0.1, 0.15) is 36.2 Å². The molecule has 1 aromatic carbocycles. The maximum atomic E-state index is 14.2. The van der Waals surface area contributed by atoms with Crippen LogP contribution in [0.15, 0.2) is 23.8 Å². The van der Waals surface area contributed by atoms with Crippen molar-refractivity contribution in [1.82, 2.24) is 4.90 Å². The van der Waals surface area contributed by atoms with Gasteiger partial charge in [0.2, 0.25) is 0 Å². The lowest BCUT2D eigenvalue weighted by molar-refractivity contribution is -0.134. The van der Waals surface area contributed by atoms with Crippen molar-refractivity contribution in [3.05, 3.63) is 46.5 Å². The molecule has 0 aromatic heterocycles. The lowest BCUT2D eigenvalue weighted by atomic mass is 9.69. The molecule has 1 saturated heterocycles. The molecule has 1 aliphatic carbocycles. The number of carbonyl (C=O) groups is 2. The highest BCUT2D eigenvalue weighted by atomic mass is 19.2. The zero-order chi connectivity index (χ0) is 20.0. The van der Waals surface area contributed by atoms with E-state index in [1.54, 1.807) is 13.8 Å². The topological polar surface area (TPSA) is 70.4 Å². The molecule has 7 heteroatoms. The number of hydrogen-bond donors (Lipinski definition) is 0. The predicted octanol–water partition coefficient (Wildman–Crippen LogP) is 2.93. The fourth-order valence-electron chi connectivity index (χ4n) is 3.81. The van der Waals surface area contributed by atoms with E-state index >= 15 is 0 Å². The van der Waals surface area contributed by atoms with E-state index in [0.717, 1.165) is 0 Å². The van der Waals surface area contributed by atoms with Gasteiger partial charge in [0.1, 0.15) is 11.7 Å². The summed E-state index contributed by atoms with van der Waals surface area (Å²) in [5.74, 6) is -3.13. The first-order valence-electron chi connectivity index (χ1n) is 8.66. The van der Waals surface area contributed by atoms with Gasteiger partial charge in [0, 0.05) is 12.0 Å². The van der Waals surface area contributed by atoms with Crippen LogP contribution >= 0.6 is 0 Å². The minimum Gasteiger partial charge on any atom is -0.367 e. The first-order chi connectivity index (χ1) is 12.6. The molecule has 5 nitrogen and oxygen atoms in total. The normalized spacial score (nSPS) is 24.5. The predicted molar refractivity (Wildman–Crippen MR) is 92.8 cm³/mol. The number of allylic oxidation sites excluding steroid dienone is 1. The summed E-state index contributed by atoms with van der Waals surface area (Å²) in [6.07, 6.45) is 1.75. The molecule has 1 fully saturated rings. The number of aryl methyl sites for hydroxylation is 1. The lowest BCUT2D eigenvalue weighted by Gasteiger charge is -2.46. The average molecular weight is 374 g/mol. The van der Waals surface area contributed by atoms with Gasteiger partial charge in [0.05, 0.1) is 24.3 Å². The molecular weight excluding hydrogens is 354 g/mol. The third-order valence-electron chi connectivity index (χ3n) is 5.13. The average Bonchev–Trinajstić information content (AvgIpc) is 2.62. The molecule has 142 valence electrons. The summed E-state index contributed by atoms with van der Waals surface area (Å²) in [5, 5.41) is 9.29. The van der Waals surface area contributed by atoms with Crippen LogP contribution in [0.25, 0.3) is 0 Å². The number of halogens is 2. The van der Waals surface area contributed by atoms with E-state index in [0.29, 0.717) is 6.42 Å². The molecule has 1 heterocycles. The molecule has 1 aliphatic heterocycles. The molecule has 1 atom stereocenters. The Morgan fingerprint density at radius 3 is 2.67 bits per heavy atom. The van der Waals surface area contributed by atoms with E-state index in [2.05, 4.69) is 0 Å². The van der Waals surface area contributed by atoms with Crippen LogP contribution in [0.3, 0.4) is 0 Å². The Balaban J connectivity index is 1.94. The molecule has 2 aliphatic rings. The number of ether oxygens (including phenoxy) is 1. The van der Waals surface area contributed by atoms with Gasteiger partial charge in [0.25, 0.3) is 5.91 Å². The van der Waals surface area contributed by atoms with E-state index in [9.17, 15) is 23.6 Å². The number of nitrogens with zero attached hydrogens (tertiary/aromatic N) is 2. The van der Waals surface area contributed by atoms with Crippen molar-refractivity contribution in [3.8, 4) is 6.07 Å². The summed E-state index contributed by atoms with van der Waals surface area (Å²) < 4.78 is 34.0. The number of Topliss-reactive ketones (excluding diaryl/α,β-unsaturated/α-hetero) is 1. The van der Waals surface area contributed by atoms with Crippen LogP contribution in [0.5, 0.6) is 0 Å². The largest absolute Gasteiger partial charge is 0.367 e. The molecule has 0 radical (unpaired) electrons. The zero-order valence-corrected chi connectivity index (χ0v) is 15.4. The van der Waals surface area contributed by atoms with E-state index in [-0.39, 0.29) is 42.2 Å². The molecule has 3 rings (SSSR count). The highest BCUT2D eigenvalue weighted by molar-refractivity contribution is 6.04. The Morgan fingerprint density at radius 1 is 1.30 bits per heavy atom. The molecular formula is C20H20F2N2O3. The summed E-state index contributed by atoms with van der Waals surface area (Å²) in [7, 11) is 0. The zero-order valence-electron chi connectivity index (χ0n) is 15.4. The fraction of sp³-hybridized carbons (Fsp3) is 0.450. The van der Waals surface area contributed by atoms with Gasteiger partial charge in [-0.25, -0.2) is 8.78 Å². The van der Waals surface area contributed by atoms with E-state index in [1.165, 1.54) is 30.0 Å². The molecule has 0 saturated carbocycles. The second kappa shape index (κ2) is 6.54. The van der Waals surface area contributed by atoms with Crippen molar-refractivity contribution in [1.29, 1.82) is 5.26 Å². The Morgan fingerprint density at radius 2 is 2.00 bits per heavy atom. The summed E-state index contributed by atoms with van der Waals surface area (Å²) in [5.41, 5.74) is -2.06. The number of nitriles is 1. The Hall–Kier alpha value is -2.59. The number of carbonyl (C=O) groups excluding carboxylic acids is 2. The molecule has 27 heavy (non-hydrogen) atoms. The fourth-order valence-corrected chi connectivity index (χ4v) is 3.81. The van der Waals surface area contributed by atoms with Crippen molar-refractivity contribution < 1.29 is 23.1 Å². The summed E-state index contributed by atoms with van der Waals surface area (Å²) in [6, 6.07) is 4.52. The smallest absolute Gasteiger partial charge is 0.257 e. The van der Waals surface area contributed by atoms with Crippen molar-refractivity contribution in [2.75, 3.05) is 19.7 Å². The molecule has 1 amide bonds. The standard InChI is InChI=1S/C20H20F2N2O3/c1-12-4-5-14(16(22)15(12)21)18(26)24-6-7-27-20(11-24)8-13(9-23)17(25)19(2,3)10-20/h4-5,8H,6-7,10-11H2,1-3H3. The first kappa shape index (κ1) is 19.2. The van der Waals surface area contributed by atoms with Gasteiger partial charge in [-0.3, -0.25) is 9.59 Å². The second-order valence-corrected chi connectivity index (χ2v) is 7.76. The van der Waals surface area contributed by atoms with Crippen molar-refractivity contribution >= 4 is 11.7 Å². The van der Waals surface area contributed by atoms with E-state index < -0.39 is 28.6 Å². The Labute approximate surface area is 156 Å². The number of hydrogen-bond acceptors (Lipinski definition) is 4. The summed E-state index contributed by atoms with van der Waals surface area (Å²) >= 11 is 0. The summed E-state index contributed by atoms with van der Waals surface area (Å²) in [6.45, 7) is 5.30. The first-order valence-corrected chi connectivity index (χ1v) is 8.66. The molecule has 0 bridgehead atoms. The minimum absolute atomic E-state index is 0.00638. The number of rotatable bonds is 1. The highest BCUT2D eigenvalue weighted by Gasteiger charge is 2.48. The van der Waals surface area contributed by atoms with Gasteiger partial charge in [-0.1, -0.05) is 19.9 Å². The van der Waals surface area contributed by atoms with Crippen LogP contribution in [0, 0.1) is 35.3 Å².